The number of nitrogens with zero attached hydrogens (tertiary/aromatic N) is 3. The number of hydrogen-bond acceptors (Lipinski definition) is 9. The molecule has 10 nitrogen and oxygen atoms in total. The van der Waals surface area contributed by atoms with E-state index in [9.17, 15) is 24.5 Å². The first-order valence-electron chi connectivity index (χ1n) is 11.7. The van der Waals surface area contributed by atoms with Gasteiger partial charge in [0.05, 0.1) is 46.0 Å². The van der Waals surface area contributed by atoms with Gasteiger partial charge in [-0.2, -0.15) is 0 Å². The van der Waals surface area contributed by atoms with Gasteiger partial charge in [-0.1, -0.05) is 49.4 Å². The van der Waals surface area contributed by atoms with Crippen LogP contribution in [-0.4, -0.2) is 35.1 Å². The molecule has 196 valence electrons. The fourth-order valence-corrected chi connectivity index (χ4v) is 5.06. The summed E-state index contributed by atoms with van der Waals surface area (Å²) in [7, 11) is 1.28. The minimum Gasteiger partial charge on any atom is -0.465 e. The smallest absolute Gasteiger partial charge is 0.338 e. The van der Waals surface area contributed by atoms with Crippen LogP contribution in [0.25, 0.3) is 6.08 Å². The summed E-state index contributed by atoms with van der Waals surface area (Å²) < 4.78 is 12.0. The molecule has 38 heavy (non-hydrogen) atoms. The second kappa shape index (κ2) is 10.9. The number of benzene rings is 2. The Kier molecular flexibility index (Phi) is 7.67. The number of aromatic nitrogens is 1. The van der Waals surface area contributed by atoms with Crippen LogP contribution in [0.4, 0.5) is 5.69 Å². The van der Waals surface area contributed by atoms with E-state index in [4.69, 9.17) is 9.47 Å². The number of carbonyl (C=O) groups excluding carboxylic acids is 2. The van der Waals surface area contributed by atoms with E-state index in [1.165, 1.54) is 23.8 Å². The number of methoxy groups -OCH3 is 1. The van der Waals surface area contributed by atoms with Crippen LogP contribution in [0.5, 0.6) is 0 Å². The molecule has 0 saturated carbocycles. The van der Waals surface area contributed by atoms with E-state index in [1.807, 2.05) is 13.8 Å². The molecule has 11 heteroatoms. The van der Waals surface area contributed by atoms with Gasteiger partial charge < -0.3 is 9.47 Å². The van der Waals surface area contributed by atoms with Crippen LogP contribution >= 0.6 is 11.3 Å². The first-order chi connectivity index (χ1) is 18.1. The average molecular weight is 536 g/mol. The second-order valence-electron chi connectivity index (χ2n) is 9.04. The van der Waals surface area contributed by atoms with Gasteiger partial charge in [-0.15, -0.1) is 0 Å². The van der Waals surface area contributed by atoms with Crippen molar-refractivity contribution in [1.82, 2.24) is 4.57 Å². The largest absolute Gasteiger partial charge is 0.465 e. The van der Waals surface area contributed by atoms with Crippen molar-refractivity contribution in [1.29, 1.82) is 0 Å². The van der Waals surface area contributed by atoms with Crippen LogP contribution in [0.15, 0.2) is 69.6 Å². The van der Waals surface area contributed by atoms with Crippen molar-refractivity contribution in [3.8, 4) is 0 Å². The molecule has 4 rings (SSSR count). The lowest BCUT2D eigenvalue weighted by Gasteiger charge is -2.25. The van der Waals surface area contributed by atoms with Crippen LogP contribution in [0, 0.1) is 16.0 Å². The van der Waals surface area contributed by atoms with Crippen molar-refractivity contribution < 1.29 is 24.0 Å². The summed E-state index contributed by atoms with van der Waals surface area (Å²) in [6, 6.07) is 11.5. The summed E-state index contributed by atoms with van der Waals surface area (Å²) in [5.74, 6) is -0.996. The van der Waals surface area contributed by atoms with Gasteiger partial charge in [0.15, 0.2) is 4.80 Å². The van der Waals surface area contributed by atoms with Gasteiger partial charge in [0, 0.05) is 12.1 Å². The number of nitro benzene ring substituents is 1. The number of rotatable bonds is 7. The van der Waals surface area contributed by atoms with E-state index < -0.39 is 28.5 Å². The summed E-state index contributed by atoms with van der Waals surface area (Å²) >= 11 is 1.11. The van der Waals surface area contributed by atoms with Crippen LogP contribution < -0.4 is 14.9 Å². The molecular weight excluding hydrogens is 510 g/mol. The van der Waals surface area contributed by atoms with Gasteiger partial charge in [0.1, 0.15) is 0 Å². The Morgan fingerprint density at radius 1 is 1.18 bits per heavy atom. The highest BCUT2D eigenvalue weighted by Gasteiger charge is 2.33. The van der Waals surface area contributed by atoms with Gasteiger partial charge in [-0.3, -0.25) is 19.5 Å². The molecule has 1 atom stereocenters. The van der Waals surface area contributed by atoms with E-state index in [2.05, 4.69) is 4.99 Å². The maximum absolute atomic E-state index is 13.7. The molecular formula is C27H25N3O7S. The minimum absolute atomic E-state index is 0.0962. The maximum Gasteiger partial charge on any atom is 0.338 e. The number of fused-ring (bicyclic) bond motifs is 1. The van der Waals surface area contributed by atoms with Crippen molar-refractivity contribution >= 4 is 35.0 Å². The fraction of sp³-hybridized carbons (Fsp3) is 0.259. The minimum atomic E-state index is -0.857. The molecule has 0 spiro atoms. The number of ether oxygens (including phenoxy) is 2. The Morgan fingerprint density at radius 2 is 1.89 bits per heavy atom. The quantitative estimate of drug-likeness (QED) is 0.258. The summed E-state index contributed by atoms with van der Waals surface area (Å²) in [5, 5.41) is 11.2. The number of carbonyl (C=O) groups is 2. The fourth-order valence-electron chi connectivity index (χ4n) is 4.02. The molecule has 1 aliphatic heterocycles. The Hall–Kier alpha value is -4.38. The van der Waals surface area contributed by atoms with Gasteiger partial charge in [0.25, 0.3) is 11.2 Å². The number of allylic oxidation sites excluding steroid dienone is 1. The predicted molar refractivity (Wildman–Crippen MR) is 140 cm³/mol. The SMILES string of the molecule is COC(=O)c1ccc(C2C(C(=O)OCC(C)C)=C(C)N=c3sc(=Cc4cccc([N+](=O)[O-])c4)c(=O)n32)cc1. The number of esters is 2. The highest BCUT2D eigenvalue weighted by Crippen LogP contribution is 2.31. The monoisotopic (exact) mass is 535 g/mol. The van der Waals surface area contributed by atoms with Crippen molar-refractivity contribution in [2.75, 3.05) is 13.7 Å². The molecule has 0 radical (unpaired) electrons. The highest BCUT2D eigenvalue weighted by molar-refractivity contribution is 7.07. The number of nitro groups is 1. The van der Waals surface area contributed by atoms with Crippen LogP contribution in [0.2, 0.25) is 0 Å². The molecule has 0 bridgehead atoms. The van der Waals surface area contributed by atoms with E-state index in [0.29, 0.717) is 31.7 Å². The molecule has 1 aromatic heterocycles. The van der Waals surface area contributed by atoms with Crippen molar-refractivity contribution in [2.24, 2.45) is 10.9 Å². The third-order valence-electron chi connectivity index (χ3n) is 5.82. The lowest BCUT2D eigenvalue weighted by atomic mass is 9.95. The third-order valence-corrected chi connectivity index (χ3v) is 6.80. The molecule has 1 unspecified atom stereocenters. The van der Waals surface area contributed by atoms with Gasteiger partial charge in [-0.25, -0.2) is 14.6 Å². The zero-order valence-corrected chi connectivity index (χ0v) is 22.0. The van der Waals surface area contributed by atoms with Gasteiger partial charge >= 0.3 is 11.9 Å². The molecule has 0 saturated heterocycles. The van der Waals surface area contributed by atoms with E-state index >= 15 is 0 Å². The van der Waals surface area contributed by atoms with Crippen LogP contribution in [0.3, 0.4) is 0 Å². The molecule has 0 fully saturated rings. The zero-order chi connectivity index (χ0) is 27.6. The van der Waals surface area contributed by atoms with Crippen LogP contribution in [0.1, 0.15) is 48.3 Å². The Labute approximate surface area is 221 Å². The Bertz CT molecular complexity index is 1630. The number of non-ortho nitro benzene ring substituents is 1. The topological polar surface area (TPSA) is 130 Å². The van der Waals surface area contributed by atoms with Crippen molar-refractivity contribution in [3.05, 3.63) is 106 Å². The van der Waals surface area contributed by atoms with Crippen molar-refractivity contribution in [2.45, 2.75) is 26.8 Å². The van der Waals surface area contributed by atoms with Gasteiger partial charge in [0.2, 0.25) is 0 Å². The summed E-state index contributed by atoms with van der Waals surface area (Å²) in [4.78, 5) is 54.5. The van der Waals surface area contributed by atoms with Crippen LogP contribution in [-0.2, 0) is 14.3 Å². The summed E-state index contributed by atoms with van der Waals surface area (Å²) in [6.07, 6.45) is 1.56. The summed E-state index contributed by atoms with van der Waals surface area (Å²) in [5.41, 5.74) is 1.49. The molecule has 2 heterocycles. The Morgan fingerprint density at radius 3 is 2.53 bits per heavy atom. The van der Waals surface area contributed by atoms with E-state index in [0.717, 1.165) is 11.3 Å². The molecule has 0 amide bonds. The Balaban J connectivity index is 1.89. The second-order valence-corrected chi connectivity index (χ2v) is 10.0. The molecule has 0 N–H and O–H groups in total. The number of thiazole rings is 1. The standard InChI is InChI=1S/C27H25N3O7S/c1-15(2)14-37-26(33)22-16(3)28-27-29(23(22)18-8-10-19(11-9-18)25(32)36-4)24(31)21(38-27)13-17-6-5-7-20(12-17)30(34)35/h5-13,15,23H,14H2,1-4H3. The lowest BCUT2D eigenvalue weighted by molar-refractivity contribution is -0.384. The normalized spacial score (nSPS) is 15.2. The molecule has 0 aliphatic carbocycles. The predicted octanol–water partition coefficient (Wildman–Crippen LogP) is 3.13. The van der Waals surface area contributed by atoms with Crippen molar-refractivity contribution in [3.63, 3.8) is 0 Å². The highest BCUT2D eigenvalue weighted by atomic mass is 32.1. The van der Waals surface area contributed by atoms with E-state index in [1.54, 1.807) is 49.4 Å². The maximum atomic E-state index is 13.7. The zero-order valence-electron chi connectivity index (χ0n) is 21.2. The van der Waals surface area contributed by atoms with Gasteiger partial charge in [-0.05, 0) is 42.2 Å². The first kappa shape index (κ1) is 26.7. The summed E-state index contributed by atoms with van der Waals surface area (Å²) in [6.45, 7) is 5.71. The first-order valence-corrected chi connectivity index (χ1v) is 12.5. The number of hydrogen-bond donors (Lipinski definition) is 0. The van der Waals surface area contributed by atoms with E-state index in [-0.39, 0.29) is 23.8 Å². The lowest BCUT2D eigenvalue weighted by Crippen LogP contribution is -2.40. The third kappa shape index (κ3) is 5.32. The molecule has 1 aliphatic rings. The average Bonchev–Trinajstić information content (AvgIpc) is 3.20. The molecule has 2 aromatic carbocycles. The molecule has 3 aromatic rings.